The van der Waals surface area contributed by atoms with E-state index in [0.717, 1.165) is 27.6 Å². The summed E-state index contributed by atoms with van der Waals surface area (Å²) >= 11 is 6.13. The number of ether oxygens (including phenoxy) is 1. The van der Waals surface area contributed by atoms with Crippen molar-refractivity contribution in [3.8, 4) is 11.5 Å². The maximum Gasteiger partial charge on any atom is 0.145 e. The van der Waals surface area contributed by atoms with Crippen molar-refractivity contribution in [2.45, 2.75) is 26.8 Å². The number of nitrogens with zero attached hydrogens (tertiary/aromatic N) is 1. The van der Waals surface area contributed by atoms with E-state index in [2.05, 4.69) is 4.98 Å². The Morgan fingerprint density at radius 3 is 2.26 bits per heavy atom. The van der Waals surface area contributed by atoms with Gasteiger partial charge in [0, 0.05) is 11.1 Å². The summed E-state index contributed by atoms with van der Waals surface area (Å²) in [5.74, 6) is 1.44. The van der Waals surface area contributed by atoms with Gasteiger partial charge in [0.1, 0.15) is 11.5 Å². The molecule has 0 amide bonds. The second-order valence-electron chi connectivity index (χ2n) is 4.68. The van der Waals surface area contributed by atoms with E-state index in [4.69, 9.17) is 22.1 Å². The number of hydrogen-bond donors (Lipinski definition) is 1. The first-order valence-electron chi connectivity index (χ1n) is 6.13. The second kappa shape index (κ2) is 5.59. The van der Waals surface area contributed by atoms with Gasteiger partial charge in [-0.3, -0.25) is 4.98 Å². The molecule has 3 nitrogen and oxygen atoms in total. The van der Waals surface area contributed by atoms with Crippen molar-refractivity contribution >= 4 is 11.6 Å². The molecule has 0 aliphatic heterocycles. The Bertz CT molecular complexity index is 556. The number of rotatable bonds is 3. The van der Waals surface area contributed by atoms with Crippen LogP contribution in [0.5, 0.6) is 11.5 Å². The maximum atomic E-state index is 6.13. The molecule has 1 heterocycles. The standard InChI is InChI=1S/C15H17ClN2O/c1-9-6-13(7-10(2)15(9)16)19-12-4-5-14(11(3)17)18-8-12/h4-8,11H,17H2,1-3H3. The molecule has 0 radical (unpaired) electrons. The molecule has 2 N–H and O–H groups in total. The van der Waals surface area contributed by atoms with Gasteiger partial charge in [0.25, 0.3) is 0 Å². The fraction of sp³-hybridized carbons (Fsp3) is 0.267. The van der Waals surface area contributed by atoms with Crippen LogP contribution >= 0.6 is 11.6 Å². The molecule has 4 heteroatoms. The fourth-order valence-corrected chi connectivity index (χ4v) is 1.93. The third kappa shape index (κ3) is 3.25. The Morgan fingerprint density at radius 2 is 1.79 bits per heavy atom. The van der Waals surface area contributed by atoms with Crippen LogP contribution in [0.25, 0.3) is 0 Å². The van der Waals surface area contributed by atoms with Crippen LogP contribution in [0.15, 0.2) is 30.5 Å². The number of halogens is 1. The molecule has 1 atom stereocenters. The van der Waals surface area contributed by atoms with Gasteiger partial charge in [-0.1, -0.05) is 11.6 Å². The van der Waals surface area contributed by atoms with Crippen molar-refractivity contribution in [2.75, 3.05) is 0 Å². The highest BCUT2D eigenvalue weighted by Crippen LogP contribution is 2.29. The van der Waals surface area contributed by atoms with Gasteiger partial charge in [0.15, 0.2) is 0 Å². The molecular formula is C15H17ClN2O. The van der Waals surface area contributed by atoms with E-state index >= 15 is 0 Å². The largest absolute Gasteiger partial charge is 0.456 e. The first kappa shape index (κ1) is 13.8. The van der Waals surface area contributed by atoms with Crippen LogP contribution < -0.4 is 10.5 Å². The number of pyridine rings is 1. The minimum absolute atomic E-state index is 0.0749. The van der Waals surface area contributed by atoms with Crippen molar-refractivity contribution < 1.29 is 4.74 Å². The second-order valence-corrected chi connectivity index (χ2v) is 5.06. The Balaban J connectivity index is 2.21. The van der Waals surface area contributed by atoms with Gasteiger partial charge < -0.3 is 10.5 Å². The Kier molecular flexibility index (Phi) is 4.08. The molecule has 19 heavy (non-hydrogen) atoms. The van der Waals surface area contributed by atoms with Gasteiger partial charge in [-0.25, -0.2) is 0 Å². The molecular weight excluding hydrogens is 260 g/mol. The summed E-state index contributed by atoms with van der Waals surface area (Å²) in [6.45, 7) is 5.81. The Labute approximate surface area is 118 Å². The van der Waals surface area contributed by atoms with Crippen molar-refractivity contribution in [1.82, 2.24) is 4.98 Å². The van der Waals surface area contributed by atoms with E-state index in [9.17, 15) is 0 Å². The van der Waals surface area contributed by atoms with Gasteiger partial charge >= 0.3 is 0 Å². The third-order valence-corrected chi connectivity index (χ3v) is 3.47. The van der Waals surface area contributed by atoms with E-state index in [1.807, 2.05) is 45.0 Å². The predicted octanol–water partition coefficient (Wildman–Crippen LogP) is 4.16. The monoisotopic (exact) mass is 276 g/mol. The lowest BCUT2D eigenvalue weighted by Crippen LogP contribution is -2.06. The smallest absolute Gasteiger partial charge is 0.145 e. The zero-order valence-electron chi connectivity index (χ0n) is 11.3. The summed E-state index contributed by atoms with van der Waals surface area (Å²) in [6, 6.07) is 7.48. The van der Waals surface area contributed by atoms with Gasteiger partial charge in [0.2, 0.25) is 0 Å². The van der Waals surface area contributed by atoms with E-state index < -0.39 is 0 Å². The van der Waals surface area contributed by atoms with Crippen LogP contribution in [-0.2, 0) is 0 Å². The number of aromatic nitrogens is 1. The lowest BCUT2D eigenvalue weighted by molar-refractivity contribution is 0.478. The highest BCUT2D eigenvalue weighted by atomic mass is 35.5. The fourth-order valence-electron chi connectivity index (χ4n) is 1.82. The van der Waals surface area contributed by atoms with Crippen molar-refractivity contribution in [2.24, 2.45) is 5.73 Å². The lowest BCUT2D eigenvalue weighted by Gasteiger charge is -2.10. The van der Waals surface area contributed by atoms with E-state index in [1.165, 1.54) is 0 Å². The summed E-state index contributed by atoms with van der Waals surface area (Å²) in [4.78, 5) is 4.26. The van der Waals surface area contributed by atoms with Crippen LogP contribution in [-0.4, -0.2) is 4.98 Å². The van der Waals surface area contributed by atoms with Crippen molar-refractivity contribution in [1.29, 1.82) is 0 Å². The average molecular weight is 277 g/mol. The topological polar surface area (TPSA) is 48.1 Å². The number of benzene rings is 1. The van der Waals surface area contributed by atoms with Crippen LogP contribution in [0.4, 0.5) is 0 Å². The first-order chi connectivity index (χ1) is 8.97. The quantitative estimate of drug-likeness (QED) is 0.915. The first-order valence-corrected chi connectivity index (χ1v) is 6.51. The molecule has 0 aliphatic carbocycles. The Hall–Kier alpha value is -1.58. The van der Waals surface area contributed by atoms with Crippen molar-refractivity contribution in [3.05, 3.63) is 52.3 Å². The molecule has 0 fully saturated rings. The van der Waals surface area contributed by atoms with Crippen LogP contribution in [0.3, 0.4) is 0 Å². The molecule has 2 aromatic rings. The SMILES string of the molecule is Cc1cc(Oc2ccc(C(C)N)nc2)cc(C)c1Cl. The van der Waals surface area contributed by atoms with Gasteiger partial charge in [-0.15, -0.1) is 0 Å². The summed E-state index contributed by atoms with van der Waals surface area (Å²) in [6.07, 6.45) is 1.68. The maximum absolute atomic E-state index is 6.13. The summed E-state index contributed by atoms with van der Waals surface area (Å²) in [7, 11) is 0. The summed E-state index contributed by atoms with van der Waals surface area (Å²) < 4.78 is 5.77. The van der Waals surface area contributed by atoms with Gasteiger partial charge in [-0.05, 0) is 56.2 Å². The van der Waals surface area contributed by atoms with E-state index in [-0.39, 0.29) is 6.04 Å². The summed E-state index contributed by atoms with van der Waals surface area (Å²) in [5, 5.41) is 0.776. The molecule has 0 spiro atoms. The van der Waals surface area contributed by atoms with Gasteiger partial charge in [-0.2, -0.15) is 0 Å². The van der Waals surface area contributed by atoms with Crippen LogP contribution in [0, 0.1) is 13.8 Å². The predicted molar refractivity (Wildman–Crippen MR) is 77.8 cm³/mol. The molecule has 2 rings (SSSR count). The third-order valence-electron chi connectivity index (χ3n) is 2.87. The molecule has 0 saturated carbocycles. The number of aryl methyl sites for hydroxylation is 2. The average Bonchev–Trinajstić information content (AvgIpc) is 2.36. The lowest BCUT2D eigenvalue weighted by atomic mass is 10.1. The molecule has 0 saturated heterocycles. The van der Waals surface area contributed by atoms with Crippen molar-refractivity contribution in [3.63, 3.8) is 0 Å². The normalized spacial score (nSPS) is 12.3. The zero-order valence-corrected chi connectivity index (χ0v) is 12.0. The van der Waals surface area contributed by atoms with Crippen LogP contribution in [0.2, 0.25) is 5.02 Å². The zero-order chi connectivity index (χ0) is 14.0. The van der Waals surface area contributed by atoms with Crippen LogP contribution in [0.1, 0.15) is 29.8 Å². The van der Waals surface area contributed by atoms with E-state index in [1.54, 1.807) is 6.20 Å². The summed E-state index contributed by atoms with van der Waals surface area (Å²) in [5.41, 5.74) is 8.59. The highest BCUT2D eigenvalue weighted by molar-refractivity contribution is 6.32. The molecule has 0 aliphatic rings. The van der Waals surface area contributed by atoms with Gasteiger partial charge in [0.05, 0.1) is 11.9 Å². The minimum Gasteiger partial charge on any atom is -0.456 e. The number of hydrogen-bond acceptors (Lipinski definition) is 3. The Morgan fingerprint density at radius 1 is 1.16 bits per heavy atom. The minimum atomic E-state index is -0.0749. The highest BCUT2D eigenvalue weighted by Gasteiger charge is 2.06. The molecule has 100 valence electrons. The molecule has 1 aromatic carbocycles. The van der Waals surface area contributed by atoms with E-state index in [0.29, 0.717) is 5.75 Å². The molecule has 0 bridgehead atoms. The molecule has 1 unspecified atom stereocenters. The number of nitrogens with two attached hydrogens (primary N) is 1. The molecule has 1 aromatic heterocycles.